The van der Waals surface area contributed by atoms with E-state index in [9.17, 15) is 15.0 Å². The SMILES string of the molecule is O=C(/C(O)=C(\O)c1ccccn1)c1ccccc1. The normalized spacial score (nSPS) is 11.8. The highest BCUT2D eigenvalue weighted by atomic mass is 16.3. The Bertz CT molecular complexity index is 577. The molecule has 18 heavy (non-hydrogen) atoms. The van der Waals surface area contributed by atoms with E-state index in [0.29, 0.717) is 5.56 Å². The number of aliphatic hydroxyl groups excluding tert-OH is 2. The highest BCUT2D eigenvalue weighted by molar-refractivity contribution is 6.10. The van der Waals surface area contributed by atoms with Crippen LogP contribution in [-0.2, 0) is 0 Å². The molecule has 2 rings (SSSR count). The minimum absolute atomic E-state index is 0.152. The minimum atomic E-state index is -0.708. The number of allylic oxidation sites excluding steroid dienone is 1. The fraction of sp³-hybridized carbons (Fsp3) is 0. The van der Waals surface area contributed by atoms with Crippen LogP contribution in [0.15, 0.2) is 60.5 Å². The van der Waals surface area contributed by atoms with Crippen molar-refractivity contribution in [3.63, 3.8) is 0 Å². The van der Waals surface area contributed by atoms with E-state index in [4.69, 9.17) is 0 Å². The second kappa shape index (κ2) is 5.14. The van der Waals surface area contributed by atoms with Gasteiger partial charge in [-0.05, 0) is 12.1 Å². The van der Waals surface area contributed by atoms with Gasteiger partial charge >= 0.3 is 0 Å². The van der Waals surface area contributed by atoms with E-state index in [1.54, 1.807) is 42.5 Å². The van der Waals surface area contributed by atoms with Crippen molar-refractivity contribution in [1.82, 2.24) is 4.98 Å². The highest BCUT2D eigenvalue weighted by Gasteiger charge is 2.17. The Morgan fingerprint density at radius 3 is 2.22 bits per heavy atom. The van der Waals surface area contributed by atoms with E-state index in [1.807, 2.05) is 0 Å². The van der Waals surface area contributed by atoms with Crippen molar-refractivity contribution in [2.45, 2.75) is 0 Å². The summed E-state index contributed by atoms with van der Waals surface area (Å²) in [5.41, 5.74) is 0.455. The van der Waals surface area contributed by atoms with Gasteiger partial charge in [-0.25, -0.2) is 0 Å². The quantitative estimate of drug-likeness (QED) is 0.492. The zero-order chi connectivity index (χ0) is 13.0. The minimum Gasteiger partial charge on any atom is -0.503 e. The van der Waals surface area contributed by atoms with Gasteiger partial charge in [-0.3, -0.25) is 9.78 Å². The molecule has 0 saturated carbocycles. The first kappa shape index (κ1) is 11.9. The van der Waals surface area contributed by atoms with E-state index in [2.05, 4.69) is 4.98 Å². The van der Waals surface area contributed by atoms with Gasteiger partial charge in [0.15, 0.2) is 5.76 Å². The van der Waals surface area contributed by atoms with Crippen molar-refractivity contribution in [2.24, 2.45) is 0 Å². The van der Waals surface area contributed by atoms with Gasteiger partial charge in [-0.15, -0.1) is 0 Å². The molecule has 2 N–H and O–H groups in total. The topological polar surface area (TPSA) is 70.4 Å². The number of hydrogen-bond donors (Lipinski definition) is 2. The van der Waals surface area contributed by atoms with Crippen molar-refractivity contribution in [2.75, 3.05) is 0 Å². The van der Waals surface area contributed by atoms with Gasteiger partial charge in [-0.2, -0.15) is 0 Å². The molecule has 4 heteroatoms. The van der Waals surface area contributed by atoms with Gasteiger partial charge in [0.25, 0.3) is 0 Å². The Morgan fingerprint density at radius 2 is 1.61 bits per heavy atom. The Balaban J connectivity index is 2.37. The third-order valence-corrected chi connectivity index (χ3v) is 2.38. The molecule has 0 aliphatic heterocycles. The predicted octanol–water partition coefficient (Wildman–Crippen LogP) is 2.75. The molecule has 4 nitrogen and oxygen atoms in total. The average molecular weight is 241 g/mol. The average Bonchev–Trinajstić information content (AvgIpc) is 2.47. The van der Waals surface area contributed by atoms with Crippen LogP contribution in [0.3, 0.4) is 0 Å². The number of aliphatic hydroxyl groups is 2. The lowest BCUT2D eigenvalue weighted by molar-refractivity contribution is 0.0975. The summed E-state index contributed by atoms with van der Waals surface area (Å²) in [5.74, 6) is -1.87. The summed E-state index contributed by atoms with van der Waals surface area (Å²) < 4.78 is 0. The van der Waals surface area contributed by atoms with Crippen LogP contribution in [0.5, 0.6) is 0 Å². The molecule has 0 amide bonds. The summed E-state index contributed by atoms with van der Waals surface area (Å²) >= 11 is 0. The number of aromatic nitrogens is 1. The Labute approximate surface area is 104 Å². The van der Waals surface area contributed by atoms with Crippen LogP contribution in [0.2, 0.25) is 0 Å². The van der Waals surface area contributed by atoms with E-state index < -0.39 is 17.3 Å². The van der Waals surface area contributed by atoms with Gasteiger partial charge in [0, 0.05) is 11.8 Å². The van der Waals surface area contributed by atoms with Crippen LogP contribution in [-0.4, -0.2) is 21.0 Å². The molecule has 0 aliphatic carbocycles. The summed E-state index contributed by atoms with van der Waals surface area (Å²) in [6, 6.07) is 13.1. The standard InChI is InChI=1S/C14H11NO3/c16-12(10-6-2-1-3-7-10)14(18)13(17)11-8-4-5-9-15-11/h1-9,17-18H/b14-13+. The molecule has 0 radical (unpaired) electrons. The summed E-state index contributed by atoms with van der Waals surface area (Å²) in [5, 5.41) is 19.5. The van der Waals surface area contributed by atoms with E-state index in [0.717, 1.165) is 0 Å². The second-order valence-electron chi connectivity index (χ2n) is 3.61. The number of nitrogens with zero attached hydrogens (tertiary/aromatic N) is 1. The maximum Gasteiger partial charge on any atom is 0.231 e. The molecule has 1 aromatic heterocycles. The van der Waals surface area contributed by atoms with Crippen LogP contribution < -0.4 is 0 Å². The monoisotopic (exact) mass is 241 g/mol. The lowest BCUT2D eigenvalue weighted by atomic mass is 10.1. The van der Waals surface area contributed by atoms with Crippen LogP contribution in [0.25, 0.3) is 5.76 Å². The number of pyridine rings is 1. The van der Waals surface area contributed by atoms with Crippen molar-refractivity contribution >= 4 is 11.5 Å². The molecule has 0 unspecified atom stereocenters. The van der Waals surface area contributed by atoms with Crippen LogP contribution in [0, 0.1) is 0 Å². The number of rotatable bonds is 3. The largest absolute Gasteiger partial charge is 0.503 e. The van der Waals surface area contributed by atoms with Crippen molar-refractivity contribution in [3.05, 3.63) is 71.7 Å². The molecule has 0 fully saturated rings. The fourth-order valence-corrected chi connectivity index (χ4v) is 1.46. The predicted molar refractivity (Wildman–Crippen MR) is 67.2 cm³/mol. The molecule has 2 aromatic rings. The summed E-state index contributed by atoms with van der Waals surface area (Å²) in [6.07, 6.45) is 1.46. The van der Waals surface area contributed by atoms with Crippen molar-refractivity contribution in [1.29, 1.82) is 0 Å². The lowest BCUT2D eigenvalue weighted by Gasteiger charge is -2.03. The molecule has 1 aromatic carbocycles. The van der Waals surface area contributed by atoms with Gasteiger partial charge in [0.1, 0.15) is 5.69 Å². The molecule has 90 valence electrons. The first-order chi connectivity index (χ1) is 8.70. The van der Waals surface area contributed by atoms with Crippen LogP contribution >= 0.6 is 0 Å². The van der Waals surface area contributed by atoms with Gasteiger partial charge in [0.05, 0.1) is 0 Å². The number of carbonyl (C=O) groups is 1. The van der Waals surface area contributed by atoms with Crippen molar-refractivity contribution in [3.8, 4) is 0 Å². The fourth-order valence-electron chi connectivity index (χ4n) is 1.46. The smallest absolute Gasteiger partial charge is 0.231 e. The summed E-state index contributed by atoms with van der Waals surface area (Å²) in [7, 11) is 0. The highest BCUT2D eigenvalue weighted by Crippen LogP contribution is 2.15. The molecule has 1 heterocycles. The first-order valence-electron chi connectivity index (χ1n) is 5.33. The van der Waals surface area contributed by atoms with Gasteiger partial charge in [-0.1, -0.05) is 36.4 Å². The number of carbonyl (C=O) groups excluding carboxylic acids is 1. The third-order valence-electron chi connectivity index (χ3n) is 2.38. The van der Waals surface area contributed by atoms with Gasteiger partial charge in [0.2, 0.25) is 11.5 Å². The third kappa shape index (κ3) is 2.38. The Kier molecular flexibility index (Phi) is 3.38. The molecule has 0 aliphatic rings. The Hall–Kier alpha value is -2.62. The van der Waals surface area contributed by atoms with Gasteiger partial charge < -0.3 is 10.2 Å². The first-order valence-corrected chi connectivity index (χ1v) is 5.33. The molecule has 0 atom stereocenters. The zero-order valence-electron chi connectivity index (χ0n) is 9.45. The number of benzene rings is 1. The number of ketones is 1. The Morgan fingerprint density at radius 1 is 0.944 bits per heavy atom. The summed E-state index contributed by atoms with van der Waals surface area (Å²) in [6.45, 7) is 0. The van der Waals surface area contributed by atoms with E-state index in [-0.39, 0.29) is 5.69 Å². The molecular formula is C14H11NO3. The molecule has 0 bridgehead atoms. The molecular weight excluding hydrogens is 230 g/mol. The van der Waals surface area contributed by atoms with E-state index >= 15 is 0 Å². The molecule has 0 spiro atoms. The summed E-state index contributed by atoms with van der Waals surface area (Å²) in [4.78, 5) is 15.7. The number of hydrogen-bond acceptors (Lipinski definition) is 4. The van der Waals surface area contributed by atoms with Crippen LogP contribution in [0.1, 0.15) is 16.1 Å². The maximum atomic E-state index is 11.9. The number of Topliss-reactive ketones (excluding diaryl/α,β-unsaturated/α-hetero) is 1. The zero-order valence-corrected chi connectivity index (χ0v) is 9.45. The molecule has 0 saturated heterocycles. The second-order valence-corrected chi connectivity index (χ2v) is 3.61. The van der Waals surface area contributed by atoms with E-state index in [1.165, 1.54) is 12.3 Å². The van der Waals surface area contributed by atoms with Crippen molar-refractivity contribution < 1.29 is 15.0 Å². The van der Waals surface area contributed by atoms with Crippen LogP contribution in [0.4, 0.5) is 0 Å². The lowest BCUT2D eigenvalue weighted by Crippen LogP contribution is -2.06. The maximum absolute atomic E-state index is 11.9.